The molecule has 3 rings (SSSR count). The van der Waals surface area contributed by atoms with Crippen LogP contribution < -0.4 is 4.74 Å². The number of hydrogen-bond donors (Lipinski definition) is 0. The van der Waals surface area contributed by atoms with E-state index in [1.54, 1.807) is 30.3 Å². The second-order valence-corrected chi connectivity index (χ2v) is 6.95. The van der Waals surface area contributed by atoms with E-state index in [2.05, 4.69) is 6.07 Å². The number of nitro groups is 2. The summed E-state index contributed by atoms with van der Waals surface area (Å²) in [6.07, 6.45) is 1.49. The second kappa shape index (κ2) is 9.26. The molecule has 0 radical (unpaired) electrons. The fraction of sp³-hybridized carbons (Fsp3) is 0. The average molecular weight is 456 g/mol. The summed E-state index contributed by atoms with van der Waals surface area (Å²) >= 11 is 12.4. The third-order valence-corrected chi connectivity index (χ3v) is 4.60. The van der Waals surface area contributed by atoms with E-state index in [0.717, 1.165) is 18.2 Å². The summed E-state index contributed by atoms with van der Waals surface area (Å²) in [6.45, 7) is 0. The van der Waals surface area contributed by atoms with Crippen molar-refractivity contribution in [2.45, 2.75) is 0 Å². The standard InChI is InChI=1S/C21H11Cl2N3O5/c22-16-9-14(8-15(12-24)13-4-2-1-3-5-13)21(18(23)10-16)31-20-7-6-17(25(27)28)11-19(20)26(29)30/h1-11H/b15-8+. The van der Waals surface area contributed by atoms with Gasteiger partial charge in [0.1, 0.15) is 0 Å². The Bertz CT molecular complexity index is 1250. The molecular formula is C21H11Cl2N3O5. The number of hydrogen-bond acceptors (Lipinski definition) is 6. The summed E-state index contributed by atoms with van der Waals surface area (Å²) in [6, 6.07) is 16.7. The Morgan fingerprint density at radius 2 is 1.71 bits per heavy atom. The van der Waals surface area contributed by atoms with Crippen LogP contribution in [0.3, 0.4) is 0 Å². The Morgan fingerprint density at radius 3 is 2.32 bits per heavy atom. The first-order chi connectivity index (χ1) is 14.8. The lowest BCUT2D eigenvalue weighted by Crippen LogP contribution is -1.97. The van der Waals surface area contributed by atoms with Crippen LogP contribution >= 0.6 is 23.2 Å². The van der Waals surface area contributed by atoms with Crippen molar-refractivity contribution in [2.75, 3.05) is 0 Å². The van der Waals surface area contributed by atoms with E-state index in [-0.39, 0.29) is 27.1 Å². The Morgan fingerprint density at radius 1 is 1.00 bits per heavy atom. The van der Waals surface area contributed by atoms with Crippen LogP contribution in [-0.2, 0) is 0 Å². The molecule has 0 spiro atoms. The number of ether oxygens (including phenoxy) is 1. The molecule has 0 bridgehead atoms. The van der Waals surface area contributed by atoms with Crippen LogP contribution in [0.1, 0.15) is 11.1 Å². The zero-order valence-electron chi connectivity index (χ0n) is 15.5. The summed E-state index contributed by atoms with van der Waals surface area (Å²) in [5, 5.41) is 32.2. The SMILES string of the molecule is N#C/C(=C\c1cc(Cl)cc(Cl)c1Oc1ccc([N+](=O)[O-])cc1[N+](=O)[O-])c1ccccc1. The van der Waals surface area contributed by atoms with E-state index < -0.39 is 21.2 Å². The first-order valence-corrected chi connectivity index (χ1v) is 9.32. The van der Waals surface area contributed by atoms with E-state index in [9.17, 15) is 25.5 Å². The number of halogens is 2. The van der Waals surface area contributed by atoms with Crippen LogP contribution in [0.25, 0.3) is 11.6 Å². The molecule has 0 fully saturated rings. The summed E-state index contributed by atoms with van der Waals surface area (Å²) in [5.74, 6) is -0.251. The van der Waals surface area contributed by atoms with Crippen LogP contribution in [0.5, 0.6) is 11.5 Å². The van der Waals surface area contributed by atoms with Gasteiger partial charge in [-0.15, -0.1) is 0 Å². The number of rotatable bonds is 6. The van der Waals surface area contributed by atoms with Crippen LogP contribution in [0.2, 0.25) is 10.0 Å². The Hall–Kier alpha value is -3.93. The first kappa shape index (κ1) is 21.8. The lowest BCUT2D eigenvalue weighted by Gasteiger charge is -2.12. The van der Waals surface area contributed by atoms with Crippen LogP contribution in [0.4, 0.5) is 11.4 Å². The molecule has 0 unspecified atom stereocenters. The minimum Gasteiger partial charge on any atom is -0.448 e. The number of nitro benzene ring substituents is 2. The van der Waals surface area contributed by atoms with Gasteiger partial charge in [0.2, 0.25) is 5.75 Å². The molecule has 0 saturated carbocycles. The summed E-state index contributed by atoms with van der Waals surface area (Å²) in [4.78, 5) is 20.8. The second-order valence-electron chi connectivity index (χ2n) is 6.11. The van der Waals surface area contributed by atoms with Crippen LogP contribution in [0, 0.1) is 31.6 Å². The summed E-state index contributed by atoms with van der Waals surface area (Å²) < 4.78 is 5.69. The fourth-order valence-electron chi connectivity index (χ4n) is 2.71. The molecule has 0 N–H and O–H groups in total. The lowest BCUT2D eigenvalue weighted by atomic mass is 10.0. The normalized spacial score (nSPS) is 10.9. The molecule has 0 saturated heterocycles. The van der Waals surface area contributed by atoms with E-state index in [1.807, 2.05) is 0 Å². The fourth-order valence-corrected chi connectivity index (χ4v) is 3.25. The zero-order valence-corrected chi connectivity index (χ0v) is 17.0. The highest BCUT2D eigenvalue weighted by Gasteiger charge is 2.23. The molecular weight excluding hydrogens is 445 g/mol. The molecule has 0 atom stereocenters. The topological polar surface area (TPSA) is 119 Å². The van der Waals surface area contributed by atoms with Gasteiger partial charge in [-0.3, -0.25) is 20.2 Å². The van der Waals surface area contributed by atoms with E-state index in [1.165, 1.54) is 18.2 Å². The lowest BCUT2D eigenvalue weighted by molar-refractivity contribution is -0.394. The molecule has 0 aliphatic rings. The van der Waals surface area contributed by atoms with Gasteiger partial charge in [0.15, 0.2) is 5.75 Å². The Labute approximate surface area is 185 Å². The van der Waals surface area contributed by atoms with E-state index >= 15 is 0 Å². The highest BCUT2D eigenvalue weighted by molar-refractivity contribution is 6.36. The minimum atomic E-state index is -0.799. The third-order valence-electron chi connectivity index (χ3n) is 4.10. The molecule has 0 heterocycles. The van der Waals surface area contributed by atoms with Gasteiger partial charge in [-0.25, -0.2) is 0 Å². The van der Waals surface area contributed by atoms with Crippen molar-refractivity contribution in [3.8, 4) is 17.6 Å². The van der Waals surface area contributed by atoms with Gasteiger partial charge in [0.05, 0.1) is 32.6 Å². The number of allylic oxidation sites excluding steroid dienone is 1. The molecule has 0 amide bonds. The van der Waals surface area contributed by atoms with Crippen molar-refractivity contribution in [3.05, 3.63) is 102 Å². The van der Waals surface area contributed by atoms with Crippen molar-refractivity contribution < 1.29 is 14.6 Å². The summed E-state index contributed by atoms with van der Waals surface area (Å²) in [5.41, 5.74) is 0.136. The maximum atomic E-state index is 11.4. The van der Waals surface area contributed by atoms with Crippen LogP contribution in [0.15, 0.2) is 60.7 Å². The number of nitrogens with zero attached hydrogens (tertiary/aromatic N) is 3. The third kappa shape index (κ3) is 4.98. The Kier molecular flexibility index (Phi) is 6.50. The highest BCUT2D eigenvalue weighted by atomic mass is 35.5. The number of non-ortho nitro benzene ring substituents is 1. The largest absolute Gasteiger partial charge is 0.448 e. The van der Waals surface area contributed by atoms with Crippen molar-refractivity contribution in [1.29, 1.82) is 5.26 Å². The highest BCUT2D eigenvalue weighted by Crippen LogP contribution is 2.41. The van der Waals surface area contributed by atoms with Crippen molar-refractivity contribution in [3.63, 3.8) is 0 Å². The summed E-state index contributed by atoms with van der Waals surface area (Å²) in [7, 11) is 0. The number of nitriles is 1. The molecule has 154 valence electrons. The molecule has 31 heavy (non-hydrogen) atoms. The van der Waals surface area contributed by atoms with Gasteiger partial charge in [-0.1, -0.05) is 53.5 Å². The smallest absolute Gasteiger partial charge is 0.318 e. The van der Waals surface area contributed by atoms with Gasteiger partial charge in [-0.05, 0) is 29.8 Å². The predicted octanol–water partition coefficient (Wildman–Crippen LogP) is 6.67. The van der Waals surface area contributed by atoms with Gasteiger partial charge < -0.3 is 4.74 Å². The molecule has 0 aliphatic heterocycles. The Balaban J connectivity index is 2.14. The molecule has 8 nitrogen and oxygen atoms in total. The van der Waals surface area contributed by atoms with Gasteiger partial charge in [-0.2, -0.15) is 5.26 Å². The van der Waals surface area contributed by atoms with Gasteiger partial charge in [0, 0.05) is 16.7 Å². The van der Waals surface area contributed by atoms with Crippen molar-refractivity contribution >= 4 is 46.2 Å². The predicted molar refractivity (Wildman–Crippen MR) is 116 cm³/mol. The van der Waals surface area contributed by atoms with Crippen molar-refractivity contribution in [1.82, 2.24) is 0 Å². The maximum absolute atomic E-state index is 11.4. The first-order valence-electron chi connectivity index (χ1n) is 8.57. The quantitative estimate of drug-likeness (QED) is 0.177. The monoisotopic (exact) mass is 455 g/mol. The van der Waals surface area contributed by atoms with E-state index in [4.69, 9.17) is 27.9 Å². The molecule has 0 aliphatic carbocycles. The van der Waals surface area contributed by atoms with Gasteiger partial charge in [0.25, 0.3) is 5.69 Å². The van der Waals surface area contributed by atoms with Crippen LogP contribution in [-0.4, -0.2) is 9.85 Å². The van der Waals surface area contributed by atoms with Crippen molar-refractivity contribution in [2.24, 2.45) is 0 Å². The molecule has 0 aromatic heterocycles. The molecule has 3 aromatic rings. The molecule has 3 aromatic carbocycles. The zero-order chi connectivity index (χ0) is 22.5. The van der Waals surface area contributed by atoms with Gasteiger partial charge >= 0.3 is 5.69 Å². The number of benzene rings is 3. The minimum absolute atomic E-state index is 0.00620. The maximum Gasteiger partial charge on any atom is 0.318 e. The molecule has 10 heteroatoms. The average Bonchev–Trinajstić information content (AvgIpc) is 2.74. The van der Waals surface area contributed by atoms with E-state index in [0.29, 0.717) is 11.1 Å².